The van der Waals surface area contributed by atoms with Gasteiger partial charge in [-0.2, -0.15) is 0 Å². The molecule has 0 spiro atoms. The van der Waals surface area contributed by atoms with Crippen molar-refractivity contribution >= 4 is 45.9 Å². The van der Waals surface area contributed by atoms with E-state index in [2.05, 4.69) is 9.97 Å². The highest BCUT2D eigenvalue weighted by molar-refractivity contribution is 7.85. The number of fused-ring (bicyclic) bond motifs is 2. The number of anilines is 2. The summed E-state index contributed by atoms with van der Waals surface area (Å²) < 4.78 is 13.7. The Labute approximate surface area is 233 Å². The van der Waals surface area contributed by atoms with Crippen molar-refractivity contribution in [3.8, 4) is 0 Å². The van der Waals surface area contributed by atoms with Gasteiger partial charge in [-0.1, -0.05) is 35.9 Å². The van der Waals surface area contributed by atoms with E-state index in [1.807, 2.05) is 17.0 Å². The Kier molecular flexibility index (Phi) is 6.85. The van der Waals surface area contributed by atoms with Gasteiger partial charge in [0.15, 0.2) is 0 Å². The van der Waals surface area contributed by atoms with Crippen LogP contribution in [0.4, 0.5) is 11.6 Å². The summed E-state index contributed by atoms with van der Waals surface area (Å²) >= 11 is 6.22. The van der Waals surface area contributed by atoms with Crippen LogP contribution in [0.5, 0.6) is 0 Å². The number of benzene rings is 3. The standard InChI is InChI=1S/C29H24ClN5O3S/c30-22-6-3-5-20(17-22)19-35-24-18-21(9-10-26(24)39(38)25-8-2-1-7-23(25)28(35)37)27(36)33-13-15-34(16-14-33)29-31-11-4-12-32-29/h1-12,17-18H,13-16,19H2. The van der Waals surface area contributed by atoms with Gasteiger partial charge in [0.1, 0.15) is 0 Å². The fraction of sp³-hybridized carbons (Fsp3) is 0.172. The molecule has 2 aliphatic heterocycles. The van der Waals surface area contributed by atoms with Crippen molar-refractivity contribution in [1.29, 1.82) is 0 Å². The molecule has 39 heavy (non-hydrogen) atoms. The van der Waals surface area contributed by atoms with Gasteiger partial charge in [-0.25, -0.2) is 14.2 Å². The smallest absolute Gasteiger partial charge is 0.259 e. The first-order chi connectivity index (χ1) is 19.0. The number of aromatic nitrogens is 2. The molecule has 1 aromatic heterocycles. The van der Waals surface area contributed by atoms with E-state index in [0.29, 0.717) is 63.8 Å². The molecular formula is C29H24ClN5O3S. The fourth-order valence-corrected chi connectivity index (χ4v) is 6.48. The summed E-state index contributed by atoms with van der Waals surface area (Å²) in [5.41, 5.74) is 2.09. The van der Waals surface area contributed by atoms with Crippen molar-refractivity contribution in [2.75, 3.05) is 36.0 Å². The lowest BCUT2D eigenvalue weighted by molar-refractivity contribution is 0.0745. The zero-order valence-corrected chi connectivity index (χ0v) is 22.4. The van der Waals surface area contributed by atoms with E-state index in [1.54, 1.807) is 82.9 Å². The minimum absolute atomic E-state index is 0.144. The van der Waals surface area contributed by atoms with E-state index in [9.17, 15) is 13.8 Å². The normalized spacial score (nSPS) is 16.9. The third-order valence-electron chi connectivity index (χ3n) is 6.89. The van der Waals surface area contributed by atoms with Crippen LogP contribution < -0.4 is 9.80 Å². The maximum atomic E-state index is 13.8. The highest BCUT2D eigenvalue weighted by Gasteiger charge is 2.32. The molecular weight excluding hydrogens is 534 g/mol. The maximum Gasteiger partial charge on any atom is 0.259 e. The van der Waals surface area contributed by atoms with Gasteiger partial charge in [-0.15, -0.1) is 0 Å². The van der Waals surface area contributed by atoms with Gasteiger partial charge in [-0.3, -0.25) is 9.59 Å². The number of hydrogen-bond acceptors (Lipinski definition) is 6. The van der Waals surface area contributed by atoms with Gasteiger partial charge in [0.2, 0.25) is 5.95 Å². The van der Waals surface area contributed by atoms with E-state index in [-0.39, 0.29) is 18.4 Å². The van der Waals surface area contributed by atoms with Gasteiger partial charge in [0.25, 0.3) is 11.8 Å². The quantitative estimate of drug-likeness (QED) is 0.369. The monoisotopic (exact) mass is 557 g/mol. The molecule has 10 heteroatoms. The summed E-state index contributed by atoms with van der Waals surface area (Å²) in [5.74, 6) is 0.222. The molecule has 0 bridgehead atoms. The Morgan fingerprint density at radius 2 is 1.64 bits per heavy atom. The molecule has 4 aromatic rings. The second-order valence-electron chi connectivity index (χ2n) is 9.30. The van der Waals surface area contributed by atoms with Crippen LogP contribution in [0.2, 0.25) is 5.02 Å². The first-order valence-electron chi connectivity index (χ1n) is 12.5. The van der Waals surface area contributed by atoms with Crippen molar-refractivity contribution < 1.29 is 13.8 Å². The molecule has 8 nitrogen and oxygen atoms in total. The molecule has 2 aliphatic rings. The number of carbonyl (C=O) groups is 2. The molecule has 0 radical (unpaired) electrons. The highest BCUT2D eigenvalue weighted by Crippen LogP contribution is 2.36. The summed E-state index contributed by atoms with van der Waals surface area (Å²) in [7, 11) is -1.60. The van der Waals surface area contributed by atoms with Crippen LogP contribution in [0.3, 0.4) is 0 Å². The Morgan fingerprint density at radius 3 is 2.41 bits per heavy atom. The number of amides is 2. The van der Waals surface area contributed by atoms with Crippen molar-refractivity contribution in [1.82, 2.24) is 14.9 Å². The van der Waals surface area contributed by atoms with E-state index in [0.717, 1.165) is 5.56 Å². The summed E-state index contributed by atoms with van der Waals surface area (Å²) in [6.45, 7) is 2.46. The van der Waals surface area contributed by atoms with E-state index in [4.69, 9.17) is 11.6 Å². The molecule has 3 heterocycles. The van der Waals surface area contributed by atoms with E-state index < -0.39 is 10.8 Å². The Hall–Kier alpha value is -4.08. The summed E-state index contributed by atoms with van der Waals surface area (Å²) in [5, 5.41) is 0.558. The summed E-state index contributed by atoms with van der Waals surface area (Å²) in [6.07, 6.45) is 3.41. The predicted molar refractivity (Wildman–Crippen MR) is 150 cm³/mol. The third-order valence-corrected chi connectivity index (χ3v) is 8.63. The first kappa shape index (κ1) is 25.2. The number of hydrogen-bond donors (Lipinski definition) is 0. The SMILES string of the molecule is O=C(c1ccc2c(c1)N(Cc1cccc(Cl)c1)C(=O)c1ccccc1S2=O)N1CCN(c2ncccn2)CC1. The number of rotatable bonds is 4. The van der Waals surface area contributed by atoms with Crippen LogP contribution in [0, 0.1) is 0 Å². The molecule has 1 atom stereocenters. The number of nitrogens with zero attached hydrogens (tertiary/aromatic N) is 5. The van der Waals surface area contributed by atoms with E-state index in [1.165, 1.54) is 0 Å². The van der Waals surface area contributed by atoms with Crippen molar-refractivity contribution in [2.45, 2.75) is 16.3 Å². The fourth-order valence-electron chi connectivity index (χ4n) is 4.92. The molecule has 1 unspecified atom stereocenters. The lowest BCUT2D eigenvalue weighted by Gasteiger charge is -2.35. The number of piperazine rings is 1. The van der Waals surface area contributed by atoms with Crippen molar-refractivity contribution in [3.63, 3.8) is 0 Å². The number of carbonyl (C=O) groups excluding carboxylic acids is 2. The van der Waals surface area contributed by atoms with Gasteiger partial charge in [-0.05, 0) is 54.1 Å². The van der Waals surface area contributed by atoms with Gasteiger partial charge < -0.3 is 14.7 Å². The van der Waals surface area contributed by atoms with Crippen LogP contribution in [-0.2, 0) is 17.3 Å². The second kappa shape index (κ2) is 10.6. The lowest BCUT2D eigenvalue weighted by Crippen LogP contribution is -2.49. The zero-order chi connectivity index (χ0) is 26.9. The van der Waals surface area contributed by atoms with Crippen molar-refractivity contribution in [2.24, 2.45) is 0 Å². The maximum absolute atomic E-state index is 13.8. The lowest BCUT2D eigenvalue weighted by atomic mass is 10.1. The molecule has 196 valence electrons. The molecule has 0 saturated carbocycles. The van der Waals surface area contributed by atoms with Crippen LogP contribution in [0.25, 0.3) is 0 Å². The average molecular weight is 558 g/mol. The van der Waals surface area contributed by atoms with Crippen molar-refractivity contribution in [3.05, 3.63) is 107 Å². The zero-order valence-electron chi connectivity index (χ0n) is 20.9. The van der Waals surface area contributed by atoms with Crippen LogP contribution in [0.15, 0.2) is 95.0 Å². The Balaban J connectivity index is 1.33. The Morgan fingerprint density at radius 1 is 0.872 bits per heavy atom. The minimum atomic E-state index is -1.60. The molecule has 0 aliphatic carbocycles. The summed E-state index contributed by atoms with van der Waals surface area (Å²) in [4.78, 5) is 42.4. The van der Waals surface area contributed by atoms with Crippen LogP contribution >= 0.6 is 11.6 Å². The number of halogens is 1. The van der Waals surface area contributed by atoms with Crippen LogP contribution in [-0.4, -0.2) is 57.1 Å². The molecule has 1 fully saturated rings. The van der Waals surface area contributed by atoms with Crippen LogP contribution in [0.1, 0.15) is 26.3 Å². The topological polar surface area (TPSA) is 86.7 Å². The summed E-state index contributed by atoms with van der Waals surface area (Å²) in [6, 6.07) is 21.1. The van der Waals surface area contributed by atoms with E-state index >= 15 is 0 Å². The largest absolute Gasteiger partial charge is 0.337 e. The molecule has 0 N–H and O–H groups in total. The van der Waals surface area contributed by atoms with Gasteiger partial charge in [0.05, 0.1) is 38.4 Å². The minimum Gasteiger partial charge on any atom is -0.337 e. The van der Waals surface area contributed by atoms with Gasteiger partial charge in [0, 0.05) is 49.2 Å². The molecule has 6 rings (SSSR count). The molecule has 2 amide bonds. The average Bonchev–Trinajstić information content (AvgIpc) is 3.06. The predicted octanol–water partition coefficient (Wildman–Crippen LogP) is 4.42. The highest BCUT2D eigenvalue weighted by atomic mass is 35.5. The Bertz CT molecular complexity index is 1590. The second-order valence-corrected chi connectivity index (χ2v) is 11.2. The molecule has 3 aromatic carbocycles. The molecule has 1 saturated heterocycles. The first-order valence-corrected chi connectivity index (χ1v) is 14.0. The third kappa shape index (κ3) is 4.91. The van der Waals surface area contributed by atoms with Gasteiger partial charge >= 0.3 is 0 Å².